The maximum absolute atomic E-state index is 14.0. The fourth-order valence-electron chi connectivity index (χ4n) is 7.36. The van der Waals surface area contributed by atoms with Crippen LogP contribution in [0.25, 0.3) is 0 Å². The van der Waals surface area contributed by atoms with Gasteiger partial charge >= 0.3 is 0 Å². The normalized spacial score (nSPS) is 40.2. The summed E-state index contributed by atoms with van der Waals surface area (Å²) >= 11 is 0. The molecule has 2 amide bonds. The molecule has 216 valence electrons. The summed E-state index contributed by atoms with van der Waals surface area (Å²) in [6.07, 6.45) is 5.99. The topological polar surface area (TPSA) is 104 Å². The van der Waals surface area contributed by atoms with Gasteiger partial charge in [0.2, 0.25) is 17.8 Å². The number of nitrogens with one attached hydrogen (secondary N) is 3. The van der Waals surface area contributed by atoms with E-state index in [0.717, 1.165) is 44.9 Å². The van der Waals surface area contributed by atoms with Gasteiger partial charge in [0.15, 0.2) is 6.30 Å². The monoisotopic (exact) mass is 537 g/mol. The number of likely N-dealkylation sites (N-methyl/N-ethyl adjacent to an activating group) is 1. The molecule has 0 aromatic rings. The van der Waals surface area contributed by atoms with E-state index in [-0.39, 0.29) is 47.9 Å². The highest BCUT2D eigenvalue weighted by molar-refractivity contribution is 6.04. The minimum absolute atomic E-state index is 0.0297. The van der Waals surface area contributed by atoms with Crippen molar-refractivity contribution in [2.75, 3.05) is 34.4 Å². The SMILES string of the molecule is COC1CC(OC)CC(C(C)NC(=O)C2CC(CN=C3NC(=O)CN3C)CC(C3CCC(F)NC3C)C2)C1. The Morgan fingerprint density at radius 3 is 2.45 bits per heavy atom. The molecule has 2 aliphatic carbocycles. The maximum atomic E-state index is 14.0. The summed E-state index contributed by atoms with van der Waals surface area (Å²) in [5.41, 5.74) is 0. The van der Waals surface area contributed by atoms with Crippen LogP contribution in [0.15, 0.2) is 4.99 Å². The second-order valence-corrected chi connectivity index (χ2v) is 12.2. The lowest BCUT2D eigenvalue weighted by molar-refractivity contribution is -0.129. The van der Waals surface area contributed by atoms with Gasteiger partial charge in [-0.05, 0) is 88.9 Å². The van der Waals surface area contributed by atoms with Crippen LogP contribution < -0.4 is 16.0 Å². The highest BCUT2D eigenvalue weighted by Gasteiger charge is 2.41. The number of nitrogens with zero attached hydrogens (tertiary/aromatic N) is 2. The summed E-state index contributed by atoms with van der Waals surface area (Å²) in [6.45, 7) is 5.07. The van der Waals surface area contributed by atoms with E-state index in [1.807, 2.05) is 11.9 Å². The molecule has 4 aliphatic rings. The average molecular weight is 538 g/mol. The van der Waals surface area contributed by atoms with Crippen molar-refractivity contribution in [3.8, 4) is 0 Å². The summed E-state index contributed by atoms with van der Waals surface area (Å²) in [4.78, 5) is 32.0. The van der Waals surface area contributed by atoms with E-state index in [2.05, 4.69) is 29.8 Å². The van der Waals surface area contributed by atoms with Gasteiger partial charge in [0.05, 0.1) is 18.8 Å². The molecule has 9 atom stereocenters. The number of hydrogen-bond donors (Lipinski definition) is 3. The van der Waals surface area contributed by atoms with E-state index >= 15 is 0 Å². The third kappa shape index (κ3) is 7.24. The molecule has 38 heavy (non-hydrogen) atoms. The molecule has 10 heteroatoms. The molecule has 0 aromatic heterocycles. The van der Waals surface area contributed by atoms with Gasteiger partial charge in [0.25, 0.3) is 0 Å². The summed E-state index contributed by atoms with van der Waals surface area (Å²) < 4.78 is 25.3. The van der Waals surface area contributed by atoms with Crippen LogP contribution in [-0.2, 0) is 19.1 Å². The fourth-order valence-corrected chi connectivity index (χ4v) is 7.36. The Morgan fingerprint density at radius 2 is 1.84 bits per heavy atom. The van der Waals surface area contributed by atoms with Crippen LogP contribution in [-0.4, -0.2) is 87.6 Å². The van der Waals surface area contributed by atoms with Crippen molar-refractivity contribution in [3.05, 3.63) is 0 Å². The number of piperidine rings is 1. The summed E-state index contributed by atoms with van der Waals surface area (Å²) in [5.74, 6) is 1.77. The zero-order valence-corrected chi connectivity index (χ0v) is 23.7. The number of amides is 2. The van der Waals surface area contributed by atoms with Gasteiger partial charge in [0.1, 0.15) is 0 Å². The Kier molecular flexibility index (Phi) is 10.0. The van der Waals surface area contributed by atoms with E-state index in [4.69, 9.17) is 14.5 Å². The molecule has 0 radical (unpaired) electrons. The minimum Gasteiger partial charge on any atom is -0.381 e. The predicted molar refractivity (Wildman–Crippen MR) is 144 cm³/mol. The Labute approximate surface area is 227 Å². The van der Waals surface area contributed by atoms with E-state index in [9.17, 15) is 14.0 Å². The summed E-state index contributed by atoms with van der Waals surface area (Å²) in [5, 5.41) is 9.28. The lowest BCUT2D eigenvalue weighted by Crippen LogP contribution is -2.50. The number of halogens is 1. The second-order valence-electron chi connectivity index (χ2n) is 12.2. The molecule has 4 fully saturated rings. The number of methoxy groups -OCH3 is 2. The van der Waals surface area contributed by atoms with E-state index in [0.29, 0.717) is 43.2 Å². The number of rotatable bonds is 8. The Morgan fingerprint density at radius 1 is 1.13 bits per heavy atom. The third-order valence-electron chi connectivity index (χ3n) is 9.55. The van der Waals surface area contributed by atoms with Crippen molar-refractivity contribution in [1.82, 2.24) is 20.9 Å². The van der Waals surface area contributed by atoms with E-state index < -0.39 is 6.30 Å². The van der Waals surface area contributed by atoms with Crippen molar-refractivity contribution in [3.63, 3.8) is 0 Å². The first-order chi connectivity index (χ1) is 18.2. The van der Waals surface area contributed by atoms with Gasteiger partial charge in [-0.2, -0.15) is 0 Å². The van der Waals surface area contributed by atoms with Gasteiger partial charge in [0, 0.05) is 45.8 Å². The van der Waals surface area contributed by atoms with Gasteiger partial charge in [-0.1, -0.05) is 0 Å². The quantitative estimate of drug-likeness (QED) is 0.411. The molecule has 0 bridgehead atoms. The largest absolute Gasteiger partial charge is 0.381 e. The molecular weight excluding hydrogens is 489 g/mol. The van der Waals surface area contributed by atoms with Gasteiger partial charge in [-0.25, -0.2) is 4.39 Å². The number of hydrogen-bond acceptors (Lipinski definition) is 6. The molecule has 9 nitrogen and oxygen atoms in total. The summed E-state index contributed by atoms with van der Waals surface area (Å²) in [6, 6.07) is 0.109. The van der Waals surface area contributed by atoms with Crippen LogP contribution in [0, 0.1) is 29.6 Å². The molecule has 2 aliphatic heterocycles. The average Bonchev–Trinajstić information content (AvgIpc) is 3.23. The van der Waals surface area contributed by atoms with Gasteiger partial charge in [-0.15, -0.1) is 0 Å². The number of ether oxygens (including phenoxy) is 2. The molecule has 0 aromatic carbocycles. The third-order valence-corrected chi connectivity index (χ3v) is 9.55. The van der Waals surface area contributed by atoms with Crippen LogP contribution in [0.4, 0.5) is 4.39 Å². The number of carbonyl (C=O) groups excluding carboxylic acids is 2. The van der Waals surface area contributed by atoms with Crippen molar-refractivity contribution in [2.24, 2.45) is 34.6 Å². The Balaban J connectivity index is 1.43. The lowest BCUT2D eigenvalue weighted by atomic mass is 9.66. The molecule has 2 saturated heterocycles. The first kappa shape index (κ1) is 29.2. The van der Waals surface area contributed by atoms with Gasteiger partial charge in [-0.3, -0.25) is 25.2 Å². The lowest BCUT2D eigenvalue weighted by Gasteiger charge is -2.43. The van der Waals surface area contributed by atoms with Crippen molar-refractivity contribution >= 4 is 17.8 Å². The second kappa shape index (κ2) is 13.0. The highest BCUT2D eigenvalue weighted by Crippen LogP contribution is 2.42. The first-order valence-corrected chi connectivity index (χ1v) is 14.5. The van der Waals surface area contributed by atoms with Crippen molar-refractivity contribution in [2.45, 2.75) is 95.8 Å². The number of carbonyl (C=O) groups is 2. The van der Waals surface area contributed by atoms with Crippen LogP contribution in [0.2, 0.25) is 0 Å². The predicted octanol–water partition coefficient (Wildman–Crippen LogP) is 2.46. The standard InChI is InChI=1S/C28H48FN5O4/c1-16(19-11-22(37-4)13-23(12-19)38-5)32-27(36)21-9-18(14-30-28-33-26(35)15-34(28)3)8-20(10-21)24-6-7-25(29)31-17(24)2/h16-25,31H,6-15H2,1-5H3,(H,32,36)(H,30,33,35). The number of alkyl halides is 1. The molecule has 3 N–H and O–H groups in total. The van der Waals surface area contributed by atoms with E-state index in [1.54, 1.807) is 14.2 Å². The van der Waals surface area contributed by atoms with Crippen molar-refractivity contribution in [1.29, 1.82) is 0 Å². The van der Waals surface area contributed by atoms with Crippen LogP contribution in [0.5, 0.6) is 0 Å². The summed E-state index contributed by atoms with van der Waals surface area (Å²) in [7, 11) is 5.35. The van der Waals surface area contributed by atoms with Crippen molar-refractivity contribution < 1.29 is 23.5 Å². The van der Waals surface area contributed by atoms with Crippen LogP contribution in [0.1, 0.15) is 65.2 Å². The fraction of sp³-hybridized carbons (Fsp3) is 0.893. The zero-order chi connectivity index (χ0) is 27.4. The molecule has 2 heterocycles. The minimum atomic E-state index is -0.948. The van der Waals surface area contributed by atoms with Crippen LogP contribution in [0.3, 0.4) is 0 Å². The smallest absolute Gasteiger partial charge is 0.246 e. The van der Waals surface area contributed by atoms with Gasteiger partial charge < -0.3 is 19.7 Å². The Hall–Kier alpha value is -1.78. The number of guanidine groups is 1. The molecule has 0 spiro atoms. The number of aliphatic imine (C=N–C) groups is 1. The highest BCUT2D eigenvalue weighted by atomic mass is 19.1. The molecule has 2 saturated carbocycles. The first-order valence-electron chi connectivity index (χ1n) is 14.5. The zero-order valence-electron chi connectivity index (χ0n) is 23.7. The van der Waals surface area contributed by atoms with Crippen LogP contribution >= 0.6 is 0 Å². The molecule has 4 rings (SSSR count). The maximum Gasteiger partial charge on any atom is 0.246 e. The van der Waals surface area contributed by atoms with E-state index in [1.165, 1.54) is 0 Å². The molecule has 9 unspecified atom stereocenters. The molecular formula is C28H48FN5O4. The Bertz CT molecular complexity index is 847.